The molecule has 0 saturated heterocycles. The quantitative estimate of drug-likeness (QED) is 0.870. The first-order valence-corrected chi connectivity index (χ1v) is 7.17. The van der Waals surface area contributed by atoms with Crippen molar-refractivity contribution in [3.05, 3.63) is 29.8 Å². The van der Waals surface area contributed by atoms with Crippen LogP contribution in [-0.2, 0) is 6.54 Å². The SMILES string of the molecule is COc1ccccc1C[NH2+][C@@H]1CCC[C@@H](C)[C@@H]1C. The minimum Gasteiger partial charge on any atom is -0.496 e. The smallest absolute Gasteiger partial charge is 0.127 e. The second-order valence-electron chi connectivity index (χ2n) is 5.68. The lowest BCUT2D eigenvalue weighted by Crippen LogP contribution is -2.90. The van der Waals surface area contributed by atoms with Crippen molar-refractivity contribution in [2.24, 2.45) is 11.8 Å². The fourth-order valence-corrected chi connectivity index (χ4v) is 3.11. The van der Waals surface area contributed by atoms with Crippen LogP contribution in [0.1, 0.15) is 38.7 Å². The molecule has 1 aromatic rings. The molecule has 2 heteroatoms. The molecular weight excluding hydrogens is 222 g/mol. The predicted octanol–water partition coefficient (Wildman–Crippen LogP) is 2.58. The van der Waals surface area contributed by atoms with Gasteiger partial charge in [0, 0.05) is 11.5 Å². The van der Waals surface area contributed by atoms with Gasteiger partial charge in [-0.3, -0.25) is 0 Å². The van der Waals surface area contributed by atoms with Crippen molar-refractivity contribution >= 4 is 0 Å². The van der Waals surface area contributed by atoms with E-state index in [1.54, 1.807) is 7.11 Å². The molecular formula is C16H26NO+. The molecule has 0 aromatic heterocycles. The van der Waals surface area contributed by atoms with E-state index in [-0.39, 0.29) is 0 Å². The molecule has 0 bridgehead atoms. The van der Waals surface area contributed by atoms with Gasteiger partial charge < -0.3 is 10.1 Å². The molecule has 0 amide bonds. The van der Waals surface area contributed by atoms with E-state index in [9.17, 15) is 0 Å². The maximum absolute atomic E-state index is 5.41. The van der Waals surface area contributed by atoms with Crippen molar-refractivity contribution in [3.8, 4) is 5.75 Å². The number of nitrogens with two attached hydrogens (primary N) is 1. The van der Waals surface area contributed by atoms with Gasteiger partial charge in [0.1, 0.15) is 12.3 Å². The Morgan fingerprint density at radius 2 is 2.00 bits per heavy atom. The summed E-state index contributed by atoms with van der Waals surface area (Å²) in [7, 11) is 1.75. The fraction of sp³-hybridized carbons (Fsp3) is 0.625. The first-order chi connectivity index (χ1) is 8.72. The van der Waals surface area contributed by atoms with Gasteiger partial charge in [-0.05, 0) is 37.3 Å². The van der Waals surface area contributed by atoms with Crippen LogP contribution in [0.15, 0.2) is 24.3 Å². The standard InChI is InChI=1S/C16H25NO/c1-12-7-6-9-15(13(12)2)17-11-14-8-4-5-10-16(14)18-3/h4-5,8,10,12-13,15,17H,6-7,9,11H2,1-3H3/p+1/t12-,13+,15-/m1/s1. The van der Waals surface area contributed by atoms with Gasteiger partial charge in [0.15, 0.2) is 0 Å². The molecule has 2 rings (SSSR count). The van der Waals surface area contributed by atoms with E-state index in [2.05, 4.69) is 37.4 Å². The van der Waals surface area contributed by atoms with Crippen LogP contribution < -0.4 is 10.1 Å². The molecule has 100 valence electrons. The topological polar surface area (TPSA) is 25.8 Å². The highest BCUT2D eigenvalue weighted by Crippen LogP contribution is 2.27. The average molecular weight is 248 g/mol. The highest BCUT2D eigenvalue weighted by molar-refractivity contribution is 5.32. The summed E-state index contributed by atoms with van der Waals surface area (Å²) in [6.45, 7) is 5.84. The van der Waals surface area contributed by atoms with Gasteiger partial charge in [0.05, 0.1) is 13.2 Å². The second kappa shape index (κ2) is 6.24. The van der Waals surface area contributed by atoms with Crippen LogP contribution >= 0.6 is 0 Å². The first-order valence-electron chi connectivity index (χ1n) is 7.17. The molecule has 0 radical (unpaired) electrons. The second-order valence-corrected chi connectivity index (χ2v) is 5.68. The van der Waals surface area contributed by atoms with Crippen LogP contribution in [0.4, 0.5) is 0 Å². The zero-order valence-corrected chi connectivity index (χ0v) is 11.9. The third-order valence-corrected chi connectivity index (χ3v) is 4.60. The van der Waals surface area contributed by atoms with E-state index >= 15 is 0 Å². The van der Waals surface area contributed by atoms with Crippen LogP contribution in [0.3, 0.4) is 0 Å². The Balaban J connectivity index is 1.94. The summed E-state index contributed by atoms with van der Waals surface area (Å²) < 4.78 is 5.41. The summed E-state index contributed by atoms with van der Waals surface area (Å²) in [6, 6.07) is 9.13. The van der Waals surface area contributed by atoms with Gasteiger partial charge in [-0.25, -0.2) is 0 Å². The molecule has 0 heterocycles. The Morgan fingerprint density at radius 1 is 1.22 bits per heavy atom. The van der Waals surface area contributed by atoms with Gasteiger partial charge in [-0.15, -0.1) is 0 Å². The molecule has 1 aromatic carbocycles. The molecule has 1 aliphatic rings. The Hall–Kier alpha value is -1.02. The van der Waals surface area contributed by atoms with Gasteiger partial charge in [-0.1, -0.05) is 26.0 Å². The number of benzene rings is 1. The zero-order chi connectivity index (χ0) is 13.0. The number of methoxy groups -OCH3 is 1. The van der Waals surface area contributed by atoms with Crippen LogP contribution in [0.25, 0.3) is 0 Å². The lowest BCUT2D eigenvalue weighted by atomic mass is 9.78. The van der Waals surface area contributed by atoms with E-state index in [1.807, 2.05) is 6.07 Å². The Bertz CT molecular complexity index is 377. The Kier molecular flexibility index (Phi) is 4.65. The van der Waals surface area contributed by atoms with Crippen molar-refractivity contribution in [1.82, 2.24) is 0 Å². The average Bonchev–Trinajstić information content (AvgIpc) is 2.41. The molecule has 0 unspecified atom stereocenters. The maximum Gasteiger partial charge on any atom is 0.127 e. The number of hydrogen-bond acceptors (Lipinski definition) is 1. The van der Waals surface area contributed by atoms with Crippen LogP contribution in [0.5, 0.6) is 5.75 Å². The summed E-state index contributed by atoms with van der Waals surface area (Å²) in [5.74, 6) is 2.72. The molecule has 1 aliphatic carbocycles. The van der Waals surface area contributed by atoms with E-state index in [1.165, 1.54) is 24.8 Å². The summed E-state index contributed by atoms with van der Waals surface area (Å²) in [6.07, 6.45) is 4.15. The van der Waals surface area contributed by atoms with Gasteiger partial charge >= 0.3 is 0 Å². The van der Waals surface area contributed by atoms with Gasteiger partial charge in [0.2, 0.25) is 0 Å². The largest absolute Gasteiger partial charge is 0.496 e. The van der Waals surface area contributed by atoms with Crippen LogP contribution in [-0.4, -0.2) is 13.2 Å². The third kappa shape index (κ3) is 3.05. The summed E-state index contributed by atoms with van der Waals surface area (Å²) >= 11 is 0. The third-order valence-electron chi connectivity index (χ3n) is 4.60. The molecule has 18 heavy (non-hydrogen) atoms. The summed E-state index contributed by atoms with van der Waals surface area (Å²) in [5, 5.41) is 2.51. The van der Waals surface area contributed by atoms with Crippen molar-refractivity contribution < 1.29 is 10.1 Å². The first kappa shape index (κ1) is 13.4. The Morgan fingerprint density at radius 3 is 2.78 bits per heavy atom. The number of rotatable bonds is 4. The van der Waals surface area contributed by atoms with Crippen molar-refractivity contribution in [3.63, 3.8) is 0 Å². The predicted molar refractivity (Wildman–Crippen MR) is 74.6 cm³/mol. The van der Waals surface area contributed by atoms with Crippen LogP contribution in [0.2, 0.25) is 0 Å². The highest BCUT2D eigenvalue weighted by Gasteiger charge is 2.29. The van der Waals surface area contributed by atoms with Crippen molar-refractivity contribution in [1.29, 1.82) is 0 Å². The maximum atomic E-state index is 5.41. The minimum atomic E-state index is 0.777. The molecule has 1 fully saturated rings. The van der Waals surface area contributed by atoms with Crippen molar-refractivity contribution in [2.45, 2.75) is 45.7 Å². The summed E-state index contributed by atoms with van der Waals surface area (Å²) in [5.41, 5.74) is 1.31. The van der Waals surface area contributed by atoms with Crippen molar-refractivity contribution in [2.75, 3.05) is 7.11 Å². The molecule has 0 spiro atoms. The molecule has 0 aliphatic heterocycles. The monoisotopic (exact) mass is 248 g/mol. The number of hydrogen-bond donors (Lipinski definition) is 1. The normalized spacial score (nSPS) is 28.1. The molecule has 2 nitrogen and oxygen atoms in total. The van der Waals surface area contributed by atoms with Crippen LogP contribution in [0, 0.1) is 11.8 Å². The number of quaternary nitrogens is 1. The molecule has 3 atom stereocenters. The van der Waals surface area contributed by atoms with E-state index in [0.717, 1.165) is 30.2 Å². The van der Waals surface area contributed by atoms with Gasteiger partial charge in [-0.2, -0.15) is 0 Å². The Labute approximate surface area is 111 Å². The summed E-state index contributed by atoms with van der Waals surface area (Å²) in [4.78, 5) is 0. The number of ether oxygens (including phenoxy) is 1. The molecule has 2 N–H and O–H groups in total. The van der Waals surface area contributed by atoms with E-state index < -0.39 is 0 Å². The van der Waals surface area contributed by atoms with E-state index in [0.29, 0.717) is 0 Å². The zero-order valence-electron chi connectivity index (χ0n) is 11.9. The minimum absolute atomic E-state index is 0.777. The number of para-hydroxylation sites is 1. The lowest BCUT2D eigenvalue weighted by Gasteiger charge is -2.32. The highest BCUT2D eigenvalue weighted by atomic mass is 16.5. The lowest BCUT2D eigenvalue weighted by molar-refractivity contribution is -0.713. The van der Waals surface area contributed by atoms with E-state index in [4.69, 9.17) is 4.74 Å². The molecule has 1 saturated carbocycles. The van der Waals surface area contributed by atoms with Gasteiger partial charge in [0.25, 0.3) is 0 Å². The fourth-order valence-electron chi connectivity index (χ4n) is 3.11.